The van der Waals surface area contributed by atoms with Gasteiger partial charge >= 0.3 is 5.69 Å². The van der Waals surface area contributed by atoms with Gasteiger partial charge in [-0.05, 0) is 53.0 Å². The first-order valence-corrected chi connectivity index (χ1v) is 8.27. The lowest BCUT2D eigenvalue weighted by atomic mass is 9.63. The van der Waals surface area contributed by atoms with Crippen LogP contribution >= 0.6 is 0 Å². The zero-order valence-electron chi connectivity index (χ0n) is 14.6. The SMILES string of the molecule is CC1(C)CCC(C)(C)c2cc(Oc3ccccc3[N+](=O)[O-])ccc21. The third-order valence-electron chi connectivity index (χ3n) is 5.11. The molecule has 3 rings (SSSR count). The zero-order valence-corrected chi connectivity index (χ0v) is 14.6. The molecule has 0 saturated heterocycles. The average molecular weight is 325 g/mol. The first kappa shape index (κ1) is 16.5. The van der Waals surface area contributed by atoms with Gasteiger partial charge in [-0.25, -0.2) is 0 Å². The molecule has 0 heterocycles. The Labute approximate surface area is 142 Å². The van der Waals surface area contributed by atoms with Gasteiger partial charge in [0.15, 0.2) is 0 Å². The van der Waals surface area contributed by atoms with Crippen molar-refractivity contribution in [1.29, 1.82) is 0 Å². The van der Waals surface area contributed by atoms with Gasteiger partial charge in [0, 0.05) is 6.07 Å². The molecule has 0 bridgehead atoms. The number of nitro groups is 1. The Morgan fingerprint density at radius 3 is 2.25 bits per heavy atom. The van der Waals surface area contributed by atoms with Gasteiger partial charge in [0.05, 0.1) is 4.92 Å². The second kappa shape index (κ2) is 5.62. The predicted molar refractivity (Wildman–Crippen MR) is 94.9 cm³/mol. The minimum Gasteiger partial charge on any atom is -0.450 e. The van der Waals surface area contributed by atoms with Crippen LogP contribution in [0.25, 0.3) is 0 Å². The van der Waals surface area contributed by atoms with Crippen LogP contribution in [0.4, 0.5) is 5.69 Å². The molecule has 126 valence electrons. The fourth-order valence-corrected chi connectivity index (χ4v) is 3.45. The van der Waals surface area contributed by atoms with Crippen LogP contribution < -0.4 is 4.74 Å². The molecule has 1 aliphatic carbocycles. The molecular formula is C20H23NO3. The molecule has 0 N–H and O–H groups in total. The quantitative estimate of drug-likeness (QED) is 0.534. The van der Waals surface area contributed by atoms with Crippen molar-refractivity contribution in [3.63, 3.8) is 0 Å². The largest absolute Gasteiger partial charge is 0.450 e. The maximum atomic E-state index is 11.2. The van der Waals surface area contributed by atoms with E-state index < -0.39 is 4.92 Å². The minimum atomic E-state index is -0.416. The number of ether oxygens (including phenoxy) is 1. The van der Waals surface area contributed by atoms with Crippen LogP contribution in [-0.2, 0) is 10.8 Å². The van der Waals surface area contributed by atoms with Crippen LogP contribution in [0.3, 0.4) is 0 Å². The Kier molecular flexibility index (Phi) is 3.86. The molecule has 2 aromatic rings. The summed E-state index contributed by atoms with van der Waals surface area (Å²) in [5.41, 5.74) is 2.81. The molecule has 4 heteroatoms. The molecule has 0 amide bonds. The highest BCUT2D eigenvalue weighted by Crippen LogP contribution is 2.47. The van der Waals surface area contributed by atoms with E-state index in [0.717, 1.165) is 12.8 Å². The molecule has 0 radical (unpaired) electrons. The molecule has 0 unspecified atom stereocenters. The van der Waals surface area contributed by atoms with Crippen molar-refractivity contribution in [3.8, 4) is 11.5 Å². The highest BCUT2D eigenvalue weighted by atomic mass is 16.6. The summed E-state index contributed by atoms with van der Waals surface area (Å²) in [5.74, 6) is 0.921. The number of benzene rings is 2. The summed E-state index contributed by atoms with van der Waals surface area (Å²) in [6.45, 7) is 9.03. The van der Waals surface area contributed by atoms with E-state index in [4.69, 9.17) is 4.74 Å². The highest BCUT2D eigenvalue weighted by Gasteiger charge is 2.37. The van der Waals surface area contributed by atoms with Crippen molar-refractivity contribution in [2.45, 2.75) is 51.4 Å². The van der Waals surface area contributed by atoms with E-state index in [1.54, 1.807) is 18.2 Å². The molecule has 0 aromatic heterocycles. The van der Waals surface area contributed by atoms with E-state index in [9.17, 15) is 10.1 Å². The number of hydrogen-bond donors (Lipinski definition) is 0. The molecule has 1 aliphatic rings. The molecular weight excluding hydrogens is 302 g/mol. The van der Waals surface area contributed by atoms with Gasteiger partial charge in [0.2, 0.25) is 5.75 Å². The molecule has 0 fully saturated rings. The summed E-state index contributed by atoms with van der Waals surface area (Å²) < 4.78 is 5.86. The second-order valence-corrected chi connectivity index (χ2v) is 7.80. The number of para-hydroxylation sites is 2. The van der Waals surface area contributed by atoms with Gasteiger partial charge in [0.1, 0.15) is 5.75 Å². The van der Waals surface area contributed by atoms with E-state index >= 15 is 0 Å². The van der Waals surface area contributed by atoms with Gasteiger partial charge in [-0.2, -0.15) is 0 Å². The third kappa shape index (κ3) is 2.88. The van der Waals surface area contributed by atoms with Crippen molar-refractivity contribution >= 4 is 5.69 Å². The van der Waals surface area contributed by atoms with Crippen molar-refractivity contribution in [2.24, 2.45) is 0 Å². The predicted octanol–water partition coefficient (Wildman–Crippen LogP) is 5.74. The smallest absolute Gasteiger partial charge is 0.311 e. The summed E-state index contributed by atoms with van der Waals surface area (Å²) in [4.78, 5) is 10.7. The Morgan fingerprint density at radius 1 is 0.958 bits per heavy atom. The standard InChI is InChI=1S/C20H23NO3/c1-19(2)11-12-20(3,4)16-13-14(9-10-15(16)19)24-18-8-6-5-7-17(18)21(22)23/h5-10,13H,11-12H2,1-4H3. The van der Waals surface area contributed by atoms with Crippen LogP contribution in [0.1, 0.15) is 51.7 Å². The summed E-state index contributed by atoms with van der Waals surface area (Å²) in [6.07, 6.45) is 2.26. The molecule has 2 aromatic carbocycles. The summed E-state index contributed by atoms with van der Waals surface area (Å²) in [5, 5.41) is 11.2. The molecule has 4 nitrogen and oxygen atoms in total. The number of hydrogen-bond acceptors (Lipinski definition) is 3. The molecule has 24 heavy (non-hydrogen) atoms. The maximum Gasteiger partial charge on any atom is 0.311 e. The van der Waals surface area contributed by atoms with Crippen LogP contribution in [0.5, 0.6) is 11.5 Å². The van der Waals surface area contributed by atoms with Gasteiger partial charge in [-0.1, -0.05) is 45.9 Å². The summed E-state index contributed by atoms with van der Waals surface area (Å²) in [6, 6.07) is 12.6. The van der Waals surface area contributed by atoms with Crippen LogP contribution in [-0.4, -0.2) is 4.92 Å². The van der Waals surface area contributed by atoms with Crippen LogP contribution in [0.2, 0.25) is 0 Å². The Morgan fingerprint density at radius 2 is 1.58 bits per heavy atom. The second-order valence-electron chi connectivity index (χ2n) is 7.80. The van der Waals surface area contributed by atoms with E-state index in [0.29, 0.717) is 5.75 Å². The fraction of sp³-hybridized carbons (Fsp3) is 0.400. The fourth-order valence-electron chi connectivity index (χ4n) is 3.45. The van der Waals surface area contributed by atoms with Gasteiger partial charge < -0.3 is 4.74 Å². The molecule has 0 aliphatic heterocycles. The third-order valence-corrected chi connectivity index (χ3v) is 5.11. The van der Waals surface area contributed by atoms with Gasteiger partial charge in [-0.3, -0.25) is 10.1 Å². The van der Waals surface area contributed by atoms with Crippen molar-refractivity contribution in [3.05, 3.63) is 63.7 Å². The van der Waals surface area contributed by atoms with E-state index in [-0.39, 0.29) is 22.3 Å². The Bertz CT molecular complexity index is 793. The average Bonchev–Trinajstić information content (AvgIpc) is 2.52. The number of rotatable bonds is 3. The number of nitro benzene ring substituents is 1. The van der Waals surface area contributed by atoms with E-state index in [2.05, 4.69) is 33.8 Å². The van der Waals surface area contributed by atoms with E-state index in [1.807, 2.05) is 12.1 Å². The first-order chi connectivity index (χ1) is 11.2. The monoisotopic (exact) mass is 325 g/mol. The van der Waals surface area contributed by atoms with Crippen molar-refractivity contribution < 1.29 is 9.66 Å². The van der Waals surface area contributed by atoms with Gasteiger partial charge in [-0.15, -0.1) is 0 Å². The van der Waals surface area contributed by atoms with Crippen LogP contribution in [0.15, 0.2) is 42.5 Å². The van der Waals surface area contributed by atoms with Crippen molar-refractivity contribution in [2.75, 3.05) is 0 Å². The van der Waals surface area contributed by atoms with E-state index in [1.165, 1.54) is 17.2 Å². The topological polar surface area (TPSA) is 52.4 Å². The van der Waals surface area contributed by atoms with Crippen molar-refractivity contribution in [1.82, 2.24) is 0 Å². The number of fused-ring (bicyclic) bond motifs is 1. The first-order valence-electron chi connectivity index (χ1n) is 8.27. The lowest BCUT2D eigenvalue weighted by molar-refractivity contribution is -0.385. The van der Waals surface area contributed by atoms with Gasteiger partial charge in [0.25, 0.3) is 0 Å². The summed E-state index contributed by atoms with van der Waals surface area (Å²) >= 11 is 0. The summed E-state index contributed by atoms with van der Waals surface area (Å²) in [7, 11) is 0. The molecule has 0 atom stereocenters. The zero-order chi connectivity index (χ0) is 17.5. The van der Waals surface area contributed by atoms with Crippen LogP contribution in [0, 0.1) is 10.1 Å². The number of nitrogens with zero attached hydrogens (tertiary/aromatic N) is 1. The molecule has 0 spiro atoms. The maximum absolute atomic E-state index is 11.2. The molecule has 0 saturated carbocycles. The normalized spacial score (nSPS) is 17.8. The highest BCUT2D eigenvalue weighted by molar-refractivity contribution is 5.51. The lowest BCUT2D eigenvalue weighted by Crippen LogP contribution is -2.33. The lowest BCUT2D eigenvalue weighted by Gasteiger charge is -2.41. The minimum absolute atomic E-state index is 0.0187. The Balaban J connectivity index is 2.02. The Hall–Kier alpha value is -2.36.